The minimum Gasteiger partial charge on any atom is -0.385 e. The van der Waals surface area contributed by atoms with Crippen LogP contribution in [0.2, 0.25) is 0 Å². The number of rotatable bonds is 1. The first kappa shape index (κ1) is 13.0. The lowest BCUT2D eigenvalue weighted by molar-refractivity contribution is -0.0652. The van der Waals surface area contributed by atoms with Gasteiger partial charge in [0.05, 0.1) is 10.1 Å². The minimum absolute atomic E-state index is 0.0995. The third-order valence-electron chi connectivity index (χ3n) is 3.99. The molecule has 1 aliphatic carbocycles. The van der Waals surface area contributed by atoms with E-state index in [0.29, 0.717) is 22.4 Å². The standard InChI is InChI=1S/C14H18BrFO/c1-9-6-7-10(2)14(17,8-9)11-4-3-5-12(15)13(11)16/h3-5,9-10,17H,6-8H2,1-2H3. The molecule has 0 aliphatic heterocycles. The molecule has 0 radical (unpaired) electrons. The van der Waals surface area contributed by atoms with E-state index in [2.05, 4.69) is 22.9 Å². The van der Waals surface area contributed by atoms with E-state index >= 15 is 0 Å². The highest BCUT2D eigenvalue weighted by Gasteiger charge is 2.42. The molecule has 17 heavy (non-hydrogen) atoms. The van der Waals surface area contributed by atoms with Crippen LogP contribution in [0.15, 0.2) is 22.7 Å². The molecule has 0 heterocycles. The van der Waals surface area contributed by atoms with Gasteiger partial charge in [0.25, 0.3) is 0 Å². The first-order chi connectivity index (χ1) is 7.95. The van der Waals surface area contributed by atoms with E-state index in [1.54, 1.807) is 18.2 Å². The molecule has 3 heteroatoms. The van der Waals surface area contributed by atoms with Gasteiger partial charge in [-0.1, -0.05) is 32.4 Å². The lowest BCUT2D eigenvalue weighted by Crippen LogP contribution is -2.39. The molecular weight excluding hydrogens is 283 g/mol. The third kappa shape index (κ3) is 2.27. The van der Waals surface area contributed by atoms with Crippen molar-refractivity contribution in [3.8, 4) is 0 Å². The van der Waals surface area contributed by atoms with Crippen molar-refractivity contribution >= 4 is 15.9 Å². The second kappa shape index (κ2) is 4.69. The molecule has 1 aromatic carbocycles. The van der Waals surface area contributed by atoms with Crippen molar-refractivity contribution in [2.45, 2.75) is 38.7 Å². The van der Waals surface area contributed by atoms with Crippen LogP contribution < -0.4 is 0 Å². The topological polar surface area (TPSA) is 20.2 Å². The lowest BCUT2D eigenvalue weighted by atomic mass is 9.69. The lowest BCUT2D eigenvalue weighted by Gasteiger charge is -2.41. The number of hydrogen-bond acceptors (Lipinski definition) is 1. The van der Waals surface area contributed by atoms with Gasteiger partial charge in [-0.25, -0.2) is 4.39 Å². The fourth-order valence-electron chi connectivity index (χ4n) is 2.82. The SMILES string of the molecule is CC1CCC(C)C(O)(c2cccc(Br)c2F)C1. The van der Waals surface area contributed by atoms with Crippen LogP contribution in [0, 0.1) is 17.7 Å². The summed E-state index contributed by atoms with van der Waals surface area (Å²) in [6, 6.07) is 5.15. The third-order valence-corrected chi connectivity index (χ3v) is 4.60. The van der Waals surface area contributed by atoms with Crippen LogP contribution in [0.3, 0.4) is 0 Å². The van der Waals surface area contributed by atoms with Crippen molar-refractivity contribution in [2.75, 3.05) is 0 Å². The Labute approximate surface area is 110 Å². The smallest absolute Gasteiger partial charge is 0.143 e. The summed E-state index contributed by atoms with van der Waals surface area (Å²) in [6.07, 6.45) is 2.70. The minimum atomic E-state index is -1.02. The van der Waals surface area contributed by atoms with Crippen molar-refractivity contribution in [2.24, 2.45) is 11.8 Å². The first-order valence-corrected chi connectivity index (χ1v) is 6.91. The van der Waals surface area contributed by atoms with Crippen molar-refractivity contribution in [1.82, 2.24) is 0 Å². The Morgan fingerprint density at radius 3 is 2.76 bits per heavy atom. The van der Waals surface area contributed by atoms with E-state index in [4.69, 9.17) is 0 Å². The molecule has 94 valence electrons. The van der Waals surface area contributed by atoms with E-state index in [1.165, 1.54) is 0 Å². The summed E-state index contributed by atoms with van der Waals surface area (Å²) in [4.78, 5) is 0. The zero-order valence-corrected chi connectivity index (χ0v) is 11.8. The van der Waals surface area contributed by atoms with Crippen molar-refractivity contribution in [3.05, 3.63) is 34.1 Å². The number of benzene rings is 1. The van der Waals surface area contributed by atoms with Crippen molar-refractivity contribution in [3.63, 3.8) is 0 Å². The summed E-state index contributed by atoms with van der Waals surface area (Å²) < 4.78 is 14.5. The summed E-state index contributed by atoms with van der Waals surface area (Å²) in [6.45, 7) is 4.12. The maximum absolute atomic E-state index is 14.1. The summed E-state index contributed by atoms with van der Waals surface area (Å²) >= 11 is 3.19. The maximum atomic E-state index is 14.1. The van der Waals surface area contributed by atoms with Gasteiger partial charge in [-0.05, 0) is 46.7 Å². The molecule has 0 bridgehead atoms. The Bertz CT molecular complexity index is 421. The van der Waals surface area contributed by atoms with E-state index in [1.807, 2.05) is 6.92 Å². The molecule has 1 N–H and O–H groups in total. The highest BCUT2D eigenvalue weighted by molar-refractivity contribution is 9.10. The predicted octanol–water partition coefficient (Wildman–Crippen LogP) is 4.23. The zero-order valence-electron chi connectivity index (χ0n) is 10.2. The van der Waals surface area contributed by atoms with Gasteiger partial charge in [-0.3, -0.25) is 0 Å². The van der Waals surface area contributed by atoms with Gasteiger partial charge in [0, 0.05) is 5.56 Å². The Morgan fingerprint density at radius 2 is 2.06 bits per heavy atom. The molecule has 0 saturated heterocycles. The summed E-state index contributed by atoms with van der Waals surface area (Å²) in [5, 5.41) is 10.8. The quantitative estimate of drug-likeness (QED) is 0.823. The summed E-state index contributed by atoms with van der Waals surface area (Å²) in [7, 11) is 0. The van der Waals surface area contributed by atoms with Crippen LogP contribution in [0.1, 0.15) is 38.7 Å². The molecule has 2 rings (SSSR count). The van der Waals surface area contributed by atoms with Crippen LogP contribution >= 0.6 is 15.9 Å². The fourth-order valence-corrected chi connectivity index (χ4v) is 3.19. The van der Waals surface area contributed by atoms with Gasteiger partial charge in [0.15, 0.2) is 0 Å². The normalized spacial score (nSPS) is 33.7. The van der Waals surface area contributed by atoms with E-state index in [0.717, 1.165) is 12.8 Å². The Balaban J connectivity index is 2.45. The Hall–Kier alpha value is -0.410. The largest absolute Gasteiger partial charge is 0.385 e. The second-order valence-corrected chi connectivity index (χ2v) is 6.17. The molecule has 1 saturated carbocycles. The number of aliphatic hydroxyl groups is 1. The molecule has 3 unspecified atom stereocenters. The van der Waals surface area contributed by atoms with Gasteiger partial charge in [-0.15, -0.1) is 0 Å². The molecular formula is C14H18BrFO. The number of halogens is 2. The summed E-state index contributed by atoms with van der Waals surface area (Å²) in [5.74, 6) is 0.216. The second-order valence-electron chi connectivity index (χ2n) is 5.31. The molecule has 0 spiro atoms. The molecule has 0 aromatic heterocycles. The molecule has 3 atom stereocenters. The van der Waals surface area contributed by atoms with Gasteiger partial charge in [0.2, 0.25) is 0 Å². The molecule has 1 nitrogen and oxygen atoms in total. The molecule has 1 fully saturated rings. The average molecular weight is 301 g/mol. The van der Waals surface area contributed by atoms with E-state index in [9.17, 15) is 9.50 Å². The van der Waals surface area contributed by atoms with Gasteiger partial charge in [0.1, 0.15) is 5.82 Å². The van der Waals surface area contributed by atoms with Crippen molar-refractivity contribution < 1.29 is 9.50 Å². The highest BCUT2D eigenvalue weighted by Crippen LogP contribution is 2.45. The molecule has 1 aliphatic rings. The average Bonchev–Trinajstić information content (AvgIpc) is 2.28. The fraction of sp³-hybridized carbons (Fsp3) is 0.571. The number of hydrogen-bond donors (Lipinski definition) is 1. The highest BCUT2D eigenvalue weighted by atomic mass is 79.9. The monoisotopic (exact) mass is 300 g/mol. The van der Waals surface area contributed by atoms with Crippen LogP contribution in [-0.4, -0.2) is 5.11 Å². The van der Waals surface area contributed by atoms with Crippen LogP contribution in [0.25, 0.3) is 0 Å². The van der Waals surface area contributed by atoms with E-state index in [-0.39, 0.29) is 11.7 Å². The Morgan fingerprint density at radius 1 is 1.35 bits per heavy atom. The van der Waals surface area contributed by atoms with Crippen LogP contribution in [-0.2, 0) is 5.60 Å². The Kier molecular flexibility index (Phi) is 3.60. The van der Waals surface area contributed by atoms with E-state index < -0.39 is 5.60 Å². The molecule has 1 aromatic rings. The van der Waals surface area contributed by atoms with Crippen LogP contribution in [0.4, 0.5) is 4.39 Å². The van der Waals surface area contributed by atoms with Gasteiger partial charge in [-0.2, -0.15) is 0 Å². The first-order valence-electron chi connectivity index (χ1n) is 6.12. The summed E-state index contributed by atoms with van der Waals surface area (Å²) in [5.41, 5.74) is -0.586. The molecule has 0 amide bonds. The van der Waals surface area contributed by atoms with Crippen LogP contribution in [0.5, 0.6) is 0 Å². The van der Waals surface area contributed by atoms with Gasteiger partial charge < -0.3 is 5.11 Å². The maximum Gasteiger partial charge on any atom is 0.143 e. The van der Waals surface area contributed by atoms with Gasteiger partial charge >= 0.3 is 0 Å². The predicted molar refractivity (Wildman–Crippen MR) is 70.2 cm³/mol. The van der Waals surface area contributed by atoms with Crippen molar-refractivity contribution in [1.29, 1.82) is 0 Å². The zero-order chi connectivity index (χ0) is 12.6.